The van der Waals surface area contributed by atoms with Crippen LogP contribution in [0.4, 0.5) is 0 Å². The van der Waals surface area contributed by atoms with E-state index in [0.717, 1.165) is 24.1 Å². The maximum Gasteiger partial charge on any atom is 0.256 e. The Kier molecular flexibility index (Phi) is 6.09. The Morgan fingerprint density at radius 2 is 2.17 bits per heavy atom. The molecule has 158 valence electrons. The molecule has 0 fully saturated rings. The number of amidine groups is 1. The highest BCUT2D eigenvalue weighted by atomic mass is 32.2. The molecule has 2 aromatic heterocycles. The second-order valence-corrected chi connectivity index (χ2v) is 9.60. The molecule has 11 heteroatoms. The van der Waals surface area contributed by atoms with Crippen LogP contribution in [0.3, 0.4) is 0 Å². The summed E-state index contributed by atoms with van der Waals surface area (Å²) in [6.45, 7) is 0.857. The van der Waals surface area contributed by atoms with Gasteiger partial charge in [0.1, 0.15) is 5.84 Å². The van der Waals surface area contributed by atoms with Crippen LogP contribution in [0.25, 0.3) is 10.7 Å². The van der Waals surface area contributed by atoms with Gasteiger partial charge in [0.2, 0.25) is 11.7 Å². The normalized spacial score (nSPS) is 17.3. The fourth-order valence-electron chi connectivity index (χ4n) is 3.08. The molecule has 0 atom stereocenters. The van der Waals surface area contributed by atoms with Gasteiger partial charge in [0.15, 0.2) is 0 Å². The minimum Gasteiger partial charge on any atom is -0.352 e. The van der Waals surface area contributed by atoms with Gasteiger partial charge >= 0.3 is 0 Å². The highest BCUT2D eigenvalue weighted by Crippen LogP contribution is 2.21. The summed E-state index contributed by atoms with van der Waals surface area (Å²) in [6.07, 6.45) is 8.15. The summed E-state index contributed by atoms with van der Waals surface area (Å²) in [6, 6.07) is 3.91. The third-order valence-electron chi connectivity index (χ3n) is 4.65. The highest BCUT2D eigenvalue weighted by Gasteiger charge is 2.24. The third kappa shape index (κ3) is 5.03. The van der Waals surface area contributed by atoms with E-state index in [-0.39, 0.29) is 11.7 Å². The van der Waals surface area contributed by atoms with Gasteiger partial charge in [-0.25, -0.2) is 8.42 Å². The molecule has 1 N–H and O–H groups in total. The topological polar surface area (TPSA) is 118 Å². The highest BCUT2D eigenvalue weighted by molar-refractivity contribution is 7.90. The molecule has 1 amide bonds. The SMILES string of the molecule is O=C(NCCCCCc1nc(-c2cccs2)no1)C1=CN2CCS(=O)(=O)N=C2C=C1. The van der Waals surface area contributed by atoms with Crippen molar-refractivity contribution in [2.75, 3.05) is 18.8 Å². The lowest BCUT2D eigenvalue weighted by molar-refractivity contribution is -0.117. The number of unbranched alkanes of at least 4 members (excludes halogenated alkanes) is 2. The smallest absolute Gasteiger partial charge is 0.256 e. The Morgan fingerprint density at radius 1 is 1.27 bits per heavy atom. The van der Waals surface area contributed by atoms with Crippen molar-refractivity contribution in [1.82, 2.24) is 20.4 Å². The number of nitrogens with zero attached hydrogens (tertiary/aromatic N) is 4. The molecule has 0 bridgehead atoms. The van der Waals surface area contributed by atoms with Crippen LogP contribution in [0.15, 0.2) is 50.4 Å². The first kappa shape index (κ1) is 20.5. The van der Waals surface area contributed by atoms with Crippen molar-refractivity contribution in [3.8, 4) is 10.7 Å². The van der Waals surface area contributed by atoms with Crippen molar-refractivity contribution < 1.29 is 17.7 Å². The molecular formula is C19H21N5O4S2. The van der Waals surface area contributed by atoms with Crippen LogP contribution in [0.2, 0.25) is 0 Å². The van der Waals surface area contributed by atoms with Gasteiger partial charge in [-0.3, -0.25) is 4.79 Å². The first-order valence-electron chi connectivity index (χ1n) is 9.64. The van der Waals surface area contributed by atoms with Crippen molar-refractivity contribution in [2.24, 2.45) is 4.40 Å². The standard InChI is InChI=1S/C19H21N5O4S2/c25-19(14-7-8-16-23-30(26,27)12-10-24(16)13-14)20-9-3-1-2-6-17-21-18(22-28-17)15-5-4-11-29-15/h4-5,7-8,11,13H,1-3,6,9-10,12H2,(H,20,25). The van der Waals surface area contributed by atoms with Crippen molar-refractivity contribution in [2.45, 2.75) is 25.7 Å². The number of amides is 1. The van der Waals surface area contributed by atoms with Crippen molar-refractivity contribution in [1.29, 1.82) is 0 Å². The van der Waals surface area contributed by atoms with Gasteiger partial charge in [-0.2, -0.15) is 4.98 Å². The lowest BCUT2D eigenvalue weighted by Gasteiger charge is -2.26. The van der Waals surface area contributed by atoms with Crippen molar-refractivity contribution in [3.05, 3.63) is 47.3 Å². The summed E-state index contributed by atoms with van der Waals surface area (Å²) in [7, 11) is -3.39. The zero-order valence-corrected chi connectivity index (χ0v) is 17.8. The van der Waals surface area contributed by atoms with E-state index in [2.05, 4.69) is 19.9 Å². The van der Waals surface area contributed by atoms with Gasteiger partial charge in [-0.05, 0) is 36.4 Å². The number of fused-ring (bicyclic) bond motifs is 1. The molecule has 4 heterocycles. The lowest BCUT2D eigenvalue weighted by atomic mass is 10.1. The minimum absolute atomic E-state index is 0.0510. The summed E-state index contributed by atoms with van der Waals surface area (Å²) in [5, 5.41) is 8.86. The first-order chi connectivity index (χ1) is 14.5. The number of thiophene rings is 1. The number of rotatable bonds is 8. The average molecular weight is 448 g/mol. The summed E-state index contributed by atoms with van der Waals surface area (Å²) < 4.78 is 32.0. The Bertz CT molecular complexity index is 1100. The van der Waals surface area contributed by atoms with Crippen LogP contribution in [0, 0.1) is 0 Å². The van der Waals surface area contributed by atoms with Gasteiger partial charge in [0.25, 0.3) is 15.9 Å². The van der Waals surface area contributed by atoms with Crippen molar-refractivity contribution in [3.63, 3.8) is 0 Å². The second-order valence-electron chi connectivity index (χ2n) is 6.90. The van der Waals surface area contributed by atoms with Gasteiger partial charge in [0, 0.05) is 25.7 Å². The summed E-state index contributed by atoms with van der Waals surface area (Å²) in [4.78, 5) is 19.4. The fraction of sp³-hybridized carbons (Fsp3) is 0.368. The first-order valence-corrected chi connectivity index (χ1v) is 12.1. The zero-order valence-electron chi connectivity index (χ0n) is 16.2. The van der Waals surface area contributed by atoms with Crippen LogP contribution < -0.4 is 5.32 Å². The van der Waals surface area contributed by atoms with E-state index < -0.39 is 10.0 Å². The van der Waals surface area contributed by atoms with E-state index in [0.29, 0.717) is 42.6 Å². The molecule has 2 aliphatic heterocycles. The van der Waals surface area contributed by atoms with Crippen LogP contribution in [-0.4, -0.2) is 54.0 Å². The van der Waals surface area contributed by atoms with Crippen LogP contribution in [0.5, 0.6) is 0 Å². The number of aryl methyl sites for hydroxylation is 1. The molecular weight excluding hydrogens is 426 g/mol. The molecule has 2 aliphatic rings. The third-order valence-corrected chi connectivity index (χ3v) is 6.68. The summed E-state index contributed by atoms with van der Waals surface area (Å²) in [5.74, 6) is 1.36. The Labute approximate surface area is 178 Å². The van der Waals surface area contributed by atoms with Crippen LogP contribution >= 0.6 is 11.3 Å². The summed E-state index contributed by atoms with van der Waals surface area (Å²) >= 11 is 1.57. The molecule has 0 aliphatic carbocycles. The number of carbonyl (C=O) groups excluding carboxylic acids is 1. The zero-order chi connectivity index (χ0) is 21.0. The number of carbonyl (C=O) groups is 1. The molecule has 2 aromatic rings. The van der Waals surface area contributed by atoms with Crippen LogP contribution in [0.1, 0.15) is 25.2 Å². The minimum atomic E-state index is -3.39. The largest absolute Gasteiger partial charge is 0.352 e. The molecule has 0 radical (unpaired) electrons. The maximum atomic E-state index is 12.3. The van der Waals surface area contributed by atoms with E-state index >= 15 is 0 Å². The second kappa shape index (κ2) is 8.92. The van der Waals surface area contributed by atoms with Crippen molar-refractivity contribution >= 4 is 33.1 Å². The van der Waals surface area contributed by atoms with E-state index in [9.17, 15) is 13.2 Å². The molecule has 0 unspecified atom stereocenters. The lowest BCUT2D eigenvalue weighted by Crippen LogP contribution is -2.38. The number of sulfonamides is 1. The Balaban J connectivity index is 1.16. The molecule has 30 heavy (non-hydrogen) atoms. The Hall–Kier alpha value is -2.79. The molecule has 0 saturated heterocycles. The van der Waals surface area contributed by atoms with Gasteiger partial charge in [-0.15, -0.1) is 15.7 Å². The number of aromatic nitrogens is 2. The van der Waals surface area contributed by atoms with E-state index in [1.807, 2.05) is 17.5 Å². The number of nitrogens with one attached hydrogen (secondary N) is 1. The monoisotopic (exact) mass is 447 g/mol. The molecule has 4 rings (SSSR count). The quantitative estimate of drug-likeness (QED) is 0.616. The summed E-state index contributed by atoms with van der Waals surface area (Å²) in [5.41, 5.74) is 0.486. The van der Waals surface area contributed by atoms with E-state index in [1.165, 1.54) is 0 Å². The maximum absolute atomic E-state index is 12.3. The van der Waals surface area contributed by atoms with Gasteiger partial charge in [0.05, 0.1) is 16.2 Å². The molecule has 0 aromatic carbocycles. The fourth-order valence-corrected chi connectivity index (χ4v) is 4.70. The molecule has 0 spiro atoms. The van der Waals surface area contributed by atoms with E-state index in [4.69, 9.17) is 4.52 Å². The molecule has 9 nitrogen and oxygen atoms in total. The predicted molar refractivity (Wildman–Crippen MR) is 113 cm³/mol. The number of hydrogen-bond donors (Lipinski definition) is 1. The average Bonchev–Trinajstić information content (AvgIpc) is 3.41. The van der Waals surface area contributed by atoms with Gasteiger partial charge in [-0.1, -0.05) is 17.6 Å². The van der Waals surface area contributed by atoms with E-state index in [1.54, 1.807) is 34.6 Å². The predicted octanol–water partition coefficient (Wildman–Crippen LogP) is 2.12. The van der Waals surface area contributed by atoms with Crippen LogP contribution in [-0.2, 0) is 21.2 Å². The number of hydrogen-bond acceptors (Lipinski definition) is 8. The molecule has 0 saturated carbocycles. The van der Waals surface area contributed by atoms with Gasteiger partial charge < -0.3 is 14.7 Å². The Morgan fingerprint density at radius 3 is 3.00 bits per heavy atom.